The van der Waals surface area contributed by atoms with Crippen molar-refractivity contribution in [3.05, 3.63) is 34.9 Å². The summed E-state index contributed by atoms with van der Waals surface area (Å²) in [5.74, 6) is 0. The molecule has 1 unspecified atom stereocenters. The van der Waals surface area contributed by atoms with Crippen LogP contribution < -0.4 is 5.32 Å². The molecule has 0 radical (unpaired) electrons. The van der Waals surface area contributed by atoms with Gasteiger partial charge in [-0.1, -0.05) is 62.4 Å². The van der Waals surface area contributed by atoms with Crippen molar-refractivity contribution in [2.45, 2.75) is 64.1 Å². The highest BCUT2D eigenvalue weighted by Gasteiger charge is 2.21. The quantitative estimate of drug-likeness (QED) is 0.557. The van der Waals surface area contributed by atoms with Crippen molar-refractivity contribution in [3.63, 3.8) is 0 Å². The zero-order chi connectivity index (χ0) is 14.9. The van der Waals surface area contributed by atoms with Crippen LogP contribution in [-0.2, 0) is 4.74 Å². The summed E-state index contributed by atoms with van der Waals surface area (Å²) in [6, 6.07) is 8.08. The average Bonchev–Trinajstić information content (AvgIpc) is 2.76. The highest BCUT2D eigenvalue weighted by Crippen LogP contribution is 2.29. The van der Waals surface area contributed by atoms with Gasteiger partial charge in [0.15, 0.2) is 0 Å². The Hall–Kier alpha value is -0.570. The van der Waals surface area contributed by atoms with Crippen LogP contribution in [0.3, 0.4) is 0 Å². The van der Waals surface area contributed by atoms with E-state index in [0.29, 0.717) is 6.10 Å². The van der Waals surface area contributed by atoms with Gasteiger partial charge < -0.3 is 10.1 Å². The molecule has 0 aliphatic heterocycles. The first-order valence-corrected chi connectivity index (χ1v) is 8.79. The maximum Gasteiger partial charge on any atom is 0.0967 e. The lowest BCUT2D eigenvalue weighted by atomic mass is 10.1. The molecule has 0 spiro atoms. The summed E-state index contributed by atoms with van der Waals surface area (Å²) in [5.41, 5.74) is 1.12. The minimum Gasteiger partial charge on any atom is -0.369 e. The molecular formula is C18H28ClNO. The Morgan fingerprint density at radius 1 is 1.19 bits per heavy atom. The second-order valence-electron chi connectivity index (χ2n) is 5.96. The fourth-order valence-corrected chi connectivity index (χ4v) is 3.25. The van der Waals surface area contributed by atoms with E-state index in [1.807, 2.05) is 18.2 Å². The molecule has 0 bridgehead atoms. The van der Waals surface area contributed by atoms with E-state index in [2.05, 4.69) is 18.3 Å². The Morgan fingerprint density at radius 3 is 2.57 bits per heavy atom. The lowest BCUT2D eigenvalue weighted by Gasteiger charge is -2.25. The van der Waals surface area contributed by atoms with Gasteiger partial charge in [0.25, 0.3) is 0 Å². The van der Waals surface area contributed by atoms with Crippen LogP contribution in [0.15, 0.2) is 24.3 Å². The Bertz CT molecular complexity index is 402. The summed E-state index contributed by atoms with van der Waals surface area (Å²) in [7, 11) is 0. The van der Waals surface area contributed by atoms with Gasteiger partial charge in [-0.3, -0.25) is 0 Å². The number of nitrogens with one attached hydrogen (secondary N) is 1. The molecule has 0 aromatic heterocycles. The number of rotatable bonds is 7. The summed E-state index contributed by atoms with van der Waals surface area (Å²) in [6.45, 7) is 4.05. The van der Waals surface area contributed by atoms with Gasteiger partial charge in [0.05, 0.1) is 12.2 Å². The van der Waals surface area contributed by atoms with Crippen LogP contribution in [0.4, 0.5) is 0 Å². The number of benzene rings is 1. The molecule has 1 saturated carbocycles. The topological polar surface area (TPSA) is 21.3 Å². The molecule has 1 aliphatic rings. The summed E-state index contributed by atoms with van der Waals surface area (Å²) in [5, 5.41) is 4.30. The molecule has 0 amide bonds. The highest BCUT2D eigenvalue weighted by atomic mass is 35.5. The number of hydrogen-bond donors (Lipinski definition) is 1. The molecule has 1 aromatic carbocycles. The zero-order valence-corrected chi connectivity index (χ0v) is 13.9. The van der Waals surface area contributed by atoms with Gasteiger partial charge in [0, 0.05) is 17.1 Å². The Balaban J connectivity index is 2.02. The fraction of sp³-hybridized carbons (Fsp3) is 0.667. The van der Waals surface area contributed by atoms with Crippen molar-refractivity contribution >= 4 is 11.6 Å². The van der Waals surface area contributed by atoms with Crippen molar-refractivity contribution in [1.29, 1.82) is 0 Å². The van der Waals surface area contributed by atoms with E-state index in [4.69, 9.17) is 16.3 Å². The molecule has 0 saturated heterocycles. The Morgan fingerprint density at radius 2 is 1.90 bits per heavy atom. The van der Waals surface area contributed by atoms with Crippen molar-refractivity contribution in [1.82, 2.24) is 5.32 Å². The minimum absolute atomic E-state index is 0.0633. The van der Waals surface area contributed by atoms with Crippen molar-refractivity contribution < 1.29 is 4.74 Å². The molecule has 1 fully saturated rings. The predicted octanol–water partition coefficient (Wildman–Crippen LogP) is 5.12. The average molecular weight is 310 g/mol. The van der Waals surface area contributed by atoms with Crippen LogP contribution in [0.1, 0.15) is 63.5 Å². The molecule has 1 aliphatic carbocycles. The van der Waals surface area contributed by atoms with Gasteiger partial charge in [0.2, 0.25) is 0 Å². The van der Waals surface area contributed by atoms with Gasteiger partial charge in [-0.2, -0.15) is 0 Å². The van der Waals surface area contributed by atoms with E-state index in [1.165, 1.54) is 38.5 Å². The molecule has 0 heterocycles. The molecule has 118 valence electrons. The van der Waals surface area contributed by atoms with E-state index >= 15 is 0 Å². The van der Waals surface area contributed by atoms with E-state index in [0.717, 1.165) is 30.1 Å². The molecule has 1 N–H and O–H groups in total. The van der Waals surface area contributed by atoms with Crippen LogP contribution >= 0.6 is 11.6 Å². The third-order valence-electron chi connectivity index (χ3n) is 4.17. The van der Waals surface area contributed by atoms with E-state index in [9.17, 15) is 0 Å². The second-order valence-corrected chi connectivity index (χ2v) is 6.37. The minimum atomic E-state index is 0.0633. The smallest absolute Gasteiger partial charge is 0.0967 e. The van der Waals surface area contributed by atoms with Crippen molar-refractivity contribution in [2.75, 3.05) is 13.1 Å². The van der Waals surface area contributed by atoms with Crippen LogP contribution in [0.2, 0.25) is 5.02 Å². The van der Waals surface area contributed by atoms with Crippen LogP contribution in [0.25, 0.3) is 0 Å². The van der Waals surface area contributed by atoms with Crippen molar-refractivity contribution in [3.8, 4) is 0 Å². The second kappa shape index (κ2) is 9.45. The Labute approximate surface area is 134 Å². The number of ether oxygens (including phenoxy) is 1. The van der Waals surface area contributed by atoms with Gasteiger partial charge in [-0.25, -0.2) is 0 Å². The third kappa shape index (κ3) is 5.61. The van der Waals surface area contributed by atoms with Gasteiger partial charge in [-0.05, 0) is 31.9 Å². The van der Waals surface area contributed by atoms with Crippen LogP contribution in [-0.4, -0.2) is 19.2 Å². The SMILES string of the molecule is CCCNCC(OC1CCCCCC1)c1ccccc1Cl. The van der Waals surface area contributed by atoms with Gasteiger partial charge in [-0.15, -0.1) is 0 Å². The fourth-order valence-electron chi connectivity index (χ4n) is 2.99. The monoisotopic (exact) mass is 309 g/mol. The summed E-state index contributed by atoms with van der Waals surface area (Å²) >= 11 is 6.37. The standard InChI is InChI=1S/C18H28ClNO/c1-2-13-20-14-18(16-11-7-8-12-17(16)19)21-15-9-5-3-4-6-10-15/h7-8,11-12,15,18,20H,2-6,9-10,13-14H2,1H3. The lowest BCUT2D eigenvalue weighted by molar-refractivity contribution is -0.0199. The summed E-state index contributed by atoms with van der Waals surface area (Å²) < 4.78 is 6.44. The molecule has 1 aromatic rings. The highest BCUT2D eigenvalue weighted by molar-refractivity contribution is 6.31. The predicted molar refractivity (Wildman–Crippen MR) is 89.9 cm³/mol. The van der Waals surface area contributed by atoms with E-state index in [1.54, 1.807) is 0 Å². The first-order valence-electron chi connectivity index (χ1n) is 8.42. The largest absolute Gasteiger partial charge is 0.369 e. The zero-order valence-electron chi connectivity index (χ0n) is 13.1. The van der Waals surface area contributed by atoms with Crippen LogP contribution in [0.5, 0.6) is 0 Å². The third-order valence-corrected chi connectivity index (χ3v) is 4.51. The van der Waals surface area contributed by atoms with Gasteiger partial charge >= 0.3 is 0 Å². The summed E-state index contributed by atoms with van der Waals surface area (Å²) in [4.78, 5) is 0. The number of hydrogen-bond acceptors (Lipinski definition) is 2. The maximum atomic E-state index is 6.44. The molecular weight excluding hydrogens is 282 g/mol. The first kappa shape index (κ1) is 16.8. The van der Waals surface area contributed by atoms with E-state index in [-0.39, 0.29) is 6.10 Å². The normalized spacial score (nSPS) is 18.4. The molecule has 1 atom stereocenters. The molecule has 21 heavy (non-hydrogen) atoms. The van der Waals surface area contributed by atoms with E-state index < -0.39 is 0 Å². The van der Waals surface area contributed by atoms with Gasteiger partial charge in [0.1, 0.15) is 0 Å². The maximum absolute atomic E-state index is 6.44. The van der Waals surface area contributed by atoms with Crippen LogP contribution in [0, 0.1) is 0 Å². The lowest BCUT2D eigenvalue weighted by Crippen LogP contribution is -2.27. The number of halogens is 1. The molecule has 2 nitrogen and oxygen atoms in total. The molecule has 3 heteroatoms. The van der Waals surface area contributed by atoms with Crippen molar-refractivity contribution in [2.24, 2.45) is 0 Å². The Kier molecular flexibility index (Phi) is 7.56. The first-order chi connectivity index (χ1) is 10.3. The summed E-state index contributed by atoms with van der Waals surface area (Å²) in [6.07, 6.45) is 9.26. The molecule has 2 rings (SSSR count).